The minimum absolute atomic E-state index is 0.0397. The molecular formula is C27H31N5O4. The van der Waals surface area contributed by atoms with Gasteiger partial charge in [0.05, 0.1) is 36.6 Å². The summed E-state index contributed by atoms with van der Waals surface area (Å²) in [5.41, 5.74) is 4.75. The number of esters is 1. The van der Waals surface area contributed by atoms with Gasteiger partial charge < -0.3 is 14.4 Å². The Kier molecular flexibility index (Phi) is 6.38. The van der Waals surface area contributed by atoms with Crippen LogP contribution in [0.3, 0.4) is 0 Å². The molecular weight excluding hydrogens is 458 g/mol. The van der Waals surface area contributed by atoms with Crippen molar-refractivity contribution in [2.24, 2.45) is 7.05 Å². The summed E-state index contributed by atoms with van der Waals surface area (Å²) >= 11 is 0. The number of rotatable bonds is 6. The van der Waals surface area contributed by atoms with Crippen molar-refractivity contribution in [3.63, 3.8) is 0 Å². The molecule has 0 aliphatic carbocycles. The number of carbonyl (C=O) groups is 2. The SMILES string of the molecule is CCOC(=O)Cn1nc(C2CCN(C(C)=O)CC2)c2c(-c3cc4c(cnn4C)cc3OC)cccc21. The molecule has 2 aromatic carbocycles. The minimum atomic E-state index is -0.320. The molecule has 4 aromatic rings. The summed E-state index contributed by atoms with van der Waals surface area (Å²) in [6.07, 6.45) is 3.46. The first-order chi connectivity index (χ1) is 17.4. The Morgan fingerprint density at radius 3 is 2.58 bits per heavy atom. The Labute approximate surface area is 209 Å². The second kappa shape index (κ2) is 9.64. The first kappa shape index (κ1) is 23.8. The van der Waals surface area contributed by atoms with Crippen LogP contribution in [-0.4, -0.2) is 63.1 Å². The molecule has 36 heavy (non-hydrogen) atoms. The number of likely N-dealkylation sites (tertiary alicyclic amines) is 1. The van der Waals surface area contributed by atoms with Gasteiger partial charge in [-0.15, -0.1) is 0 Å². The van der Waals surface area contributed by atoms with Crippen LogP contribution in [0.4, 0.5) is 0 Å². The van der Waals surface area contributed by atoms with Gasteiger partial charge in [0, 0.05) is 49.3 Å². The van der Waals surface area contributed by atoms with Crippen LogP contribution in [0.1, 0.15) is 38.3 Å². The third-order valence-electron chi connectivity index (χ3n) is 7.07. The summed E-state index contributed by atoms with van der Waals surface area (Å²) in [6.45, 7) is 5.16. The number of fused-ring (bicyclic) bond motifs is 2. The highest BCUT2D eigenvalue weighted by Crippen LogP contribution is 2.42. The van der Waals surface area contributed by atoms with Gasteiger partial charge in [0.2, 0.25) is 5.91 Å². The van der Waals surface area contributed by atoms with Gasteiger partial charge in [0.15, 0.2) is 0 Å². The van der Waals surface area contributed by atoms with Gasteiger partial charge in [-0.1, -0.05) is 12.1 Å². The van der Waals surface area contributed by atoms with Crippen LogP contribution in [0.15, 0.2) is 36.5 Å². The fourth-order valence-electron chi connectivity index (χ4n) is 5.24. The zero-order chi connectivity index (χ0) is 25.4. The number of methoxy groups -OCH3 is 1. The van der Waals surface area contributed by atoms with Crippen LogP contribution in [-0.2, 0) is 27.9 Å². The number of aromatic nitrogens is 4. The predicted molar refractivity (Wildman–Crippen MR) is 137 cm³/mol. The Morgan fingerprint density at radius 1 is 1.11 bits per heavy atom. The predicted octanol–water partition coefficient (Wildman–Crippen LogP) is 3.89. The molecule has 5 rings (SSSR count). The summed E-state index contributed by atoms with van der Waals surface area (Å²) < 4.78 is 14.6. The molecule has 1 amide bonds. The molecule has 1 aliphatic rings. The van der Waals surface area contributed by atoms with Crippen molar-refractivity contribution in [3.05, 3.63) is 42.2 Å². The van der Waals surface area contributed by atoms with Gasteiger partial charge in [-0.25, -0.2) is 0 Å². The number of nitrogens with zero attached hydrogens (tertiary/aromatic N) is 5. The quantitative estimate of drug-likeness (QED) is 0.382. The van der Waals surface area contributed by atoms with Crippen molar-refractivity contribution in [2.45, 2.75) is 39.2 Å². The van der Waals surface area contributed by atoms with Gasteiger partial charge >= 0.3 is 5.97 Å². The highest BCUT2D eigenvalue weighted by Gasteiger charge is 2.28. The van der Waals surface area contributed by atoms with Crippen LogP contribution in [0.2, 0.25) is 0 Å². The number of carbonyl (C=O) groups excluding carboxylic acids is 2. The van der Waals surface area contributed by atoms with E-state index in [1.54, 1.807) is 25.6 Å². The third kappa shape index (κ3) is 4.19. The standard InChI is InChI=1S/C27H31N5O4/c1-5-36-25(34)16-32-22-8-6-7-20(21-14-23-19(13-24(21)35-4)15-28-30(23)3)26(22)27(29-32)18-9-11-31(12-10-18)17(2)33/h6-8,13-15,18H,5,9-12,16H2,1-4H3. The van der Waals surface area contributed by atoms with E-state index in [1.807, 2.05) is 41.0 Å². The summed E-state index contributed by atoms with van der Waals surface area (Å²) in [7, 11) is 3.59. The zero-order valence-electron chi connectivity index (χ0n) is 21.2. The maximum absolute atomic E-state index is 12.4. The molecule has 0 unspecified atom stereocenters. The van der Waals surface area contributed by atoms with Crippen molar-refractivity contribution in [1.82, 2.24) is 24.5 Å². The molecule has 1 saturated heterocycles. The second-order valence-corrected chi connectivity index (χ2v) is 9.21. The highest BCUT2D eigenvalue weighted by molar-refractivity contribution is 6.01. The minimum Gasteiger partial charge on any atom is -0.496 e. The van der Waals surface area contributed by atoms with Crippen LogP contribution in [0.25, 0.3) is 32.9 Å². The fourth-order valence-corrected chi connectivity index (χ4v) is 5.24. The van der Waals surface area contributed by atoms with Gasteiger partial charge in [-0.3, -0.25) is 19.0 Å². The monoisotopic (exact) mass is 489 g/mol. The van der Waals surface area contributed by atoms with Crippen LogP contribution in [0.5, 0.6) is 5.75 Å². The van der Waals surface area contributed by atoms with E-state index in [0.29, 0.717) is 19.7 Å². The molecule has 0 N–H and O–H groups in total. The van der Waals surface area contributed by atoms with Gasteiger partial charge in [-0.2, -0.15) is 10.2 Å². The van der Waals surface area contributed by atoms with Crippen molar-refractivity contribution in [3.8, 4) is 16.9 Å². The molecule has 9 nitrogen and oxygen atoms in total. The summed E-state index contributed by atoms with van der Waals surface area (Å²) in [6, 6.07) is 10.2. The number of hydrogen-bond acceptors (Lipinski definition) is 6. The lowest BCUT2D eigenvalue weighted by atomic mass is 9.88. The maximum Gasteiger partial charge on any atom is 0.327 e. The maximum atomic E-state index is 12.4. The topological polar surface area (TPSA) is 91.5 Å². The number of aryl methyl sites for hydroxylation is 1. The number of piperidine rings is 1. The highest BCUT2D eigenvalue weighted by atomic mass is 16.5. The zero-order valence-corrected chi connectivity index (χ0v) is 21.2. The first-order valence-electron chi connectivity index (χ1n) is 12.3. The lowest BCUT2D eigenvalue weighted by molar-refractivity contribution is -0.144. The normalized spacial score (nSPS) is 14.5. The van der Waals surface area contributed by atoms with E-state index in [9.17, 15) is 9.59 Å². The first-order valence-corrected chi connectivity index (χ1v) is 12.3. The van der Waals surface area contributed by atoms with Crippen molar-refractivity contribution in [2.75, 3.05) is 26.8 Å². The molecule has 3 heterocycles. The summed E-state index contributed by atoms with van der Waals surface area (Å²) in [4.78, 5) is 26.2. The summed E-state index contributed by atoms with van der Waals surface area (Å²) in [5, 5.41) is 11.4. The molecule has 0 bridgehead atoms. The summed E-state index contributed by atoms with van der Waals surface area (Å²) in [5.74, 6) is 0.692. The smallest absolute Gasteiger partial charge is 0.327 e. The lowest BCUT2D eigenvalue weighted by Crippen LogP contribution is -2.36. The molecule has 9 heteroatoms. The van der Waals surface area contributed by atoms with Crippen molar-refractivity contribution < 1.29 is 19.1 Å². The van der Waals surface area contributed by atoms with Crippen molar-refractivity contribution in [1.29, 1.82) is 0 Å². The average molecular weight is 490 g/mol. The van der Waals surface area contributed by atoms with Crippen molar-refractivity contribution >= 4 is 33.7 Å². The Hall–Kier alpha value is -3.88. The van der Waals surface area contributed by atoms with Crippen LogP contribution < -0.4 is 4.74 Å². The lowest BCUT2D eigenvalue weighted by Gasteiger charge is -2.30. The van der Waals surface area contributed by atoms with E-state index in [-0.39, 0.29) is 24.3 Å². The number of ether oxygens (including phenoxy) is 2. The molecule has 0 saturated carbocycles. The Morgan fingerprint density at radius 2 is 1.89 bits per heavy atom. The average Bonchev–Trinajstić information content (AvgIpc) is 3.43. The van der Waals surface area contributed by atoms with E-state index < -0.39 is 0 Å². The molecule has 0 spiro atoms. The molecule has 0 radical (unpaired) electrons. The molecule has 1 aliphatic heterocycles. The number of amides is 1. The number of hydrogen-bond donors (Lipinski definition) is 0. The van der Waals surface area contributed by atoms with E-state index in [0.717, 1.165) is 57.2 Å². The molecule has 188 valence electrons. The molecule has 2 aromatic heterocycles. The molecule has 0 atom stereocenters. The van der Waals surface area contributed by atoms with E-state index >= 15 is 0 Å². The second-order valence-electron chi connectivity index (χ2n) is 9.21. The number of benzene rings is 2. The molecule has 1 fully saturated rings. The largest absolute Gasteiger partial charge is 0.496 e. The Balaban J connectivity index is 1.69. The third-order valence-corrected chi connectivity index (χ3v) is 7.07. The van der Waals surface area contributed by atoms with Gasteiger partial charge in [0.1, 0.15) is 12.3 Å². The van der Waals surface area contributed by atoms with E-state index in [4.69, 9.17) is 14.6 Å². The van der Waals surface area contributed by atoms with E-state index in [2.05, 4.69) is 17.2 Å². The van der Waals surface area contributed by atoms with Crippen LogP contribution >= 0.6 is 0 Å². The van der Waals surface area contributed by atoms with E-state index in [1.165, 1.54) is 0 Å². The fraction of sp³-hybridized carbons (Fsp3) is 0.407. The Bertz CT molecular complexity index is 1450. The van der Waals surface area contributed by atoms with Gasteiger partial charge in [-0.05, 0) is 43.5 Å². The van der Waals surface area contributed by atoms with Gasteiger partial charge in [0.25, 0.3) is 0 Å². The van der Waals surface area contributed by atoms with Crippen LogP contribution in [0, 0.1) is 0 Å².